The predicted molar refractivity (Wildman–Crippen MR) is 145 cm³/mol. The minimum absolute atomic E-state index is 0.0347. The third kappa shape index (κ3) is 5.53. The Bertz CT molecular complexity index is 983. The number of benzene rings is 3. The molecule has 0 spiro atoms. The third-order valence-electron chi connectivity index (χ3n) is 8.44. The fourth-order valence-electron chi connectivity index (χ4n) is 6.26. The van der Waals surface area contributed by atoms with E-state index in [1.807, 2.05) is 18.2 Å². The van der Waals surface area contributed by atoms with Gasteiger partial charge in [0.1, 0.15) is 0 Å². The molecule has 0 aromatic heterocycles. The Hall–Kier alpha value is -2.46. The van der Waals surface area contributed by atoms with E-state index >= 15 is 0 Å². The van der Waals surface area contributed by atoms with Gasteiger partial charge in [0.05, 0.1) is 5.60 Å². The quantitative estimate of drug-likeness (QED) is 0.450. The smallest absolute Gasteiger partial charge is 0.0920 e. The Morgan fingerprint density at radius 1 is 0.629 bits per heavy atom. The molecule has 0 unspecified atom stereocenters. The van der Waals surface area contributed by atoms with Gasteiger partial charge in [-0.2, -0.15) is 0 Å². The number of aliphatic hydroxyl groups is 1. The van der Waals surface area contributed by atoms with Gasteiger partial charge in [0.25, 0.3) is 0 Å². The van der Waals surface area contributed by atoms with Crippen molar-refractivity contribution < 1.29 is 5.11 Å². The maximum atomic E-state index is 11.3. The van der Waals surface area contributed by atoms with Crippen LogP contribution in [0.2, 0.25) is 0 Å². The van der Waals surface area contributed by atoms with E-state index in [4.69, 9.17) is 0 Å². The summed E-state index contributed by atoms with van der Waals surface area (Å²) in [5, 5.41) is 11.3. The second-order valence-corrected chi connectivity index (χ2v) is 10.6. The first-order valence-electron chi connectivity index (χ1n) is 13.5. The van der Waals surface area contributed by atoms with E-state index in [9.17, 15) is 5.11 Å². The molecule has 3 heteroatoms. The molecule has 1 N–H and O–H groups in total. The zero-order valence-electron chi connectivity index (χ0n) is 21.0. The number of piperidine rings is 2. The van der Waals surface area contributed by atoms with Crippen LogP contribution in [-0.4, -0.2) is 54.2 Å². The van der Waals surface area contributed by atoms with Gasteiger partial charge in [-0.1, -0.05) is 97.4 Å². The van der Waals surface area contributed by atoms with Gasteiger partial charge in [-0.05, 0) is 68.4 Å². The molecule has 3 aromatic carbocycles. The van der Waals surface area contributed by atoms with Crippen molar-refractivity contribution in [3.05, 3.63) is 108 Å². The summed E-state index contributed by atoms with van der Waals surface area (Å²) in [5.74, 6) is 0. The molecule has 5 rings (SSSR count). The molecule has 0 saturated carbocycles. The molecule has 3 aromatic rings. The van der Waals surface area contributed by atoms with Crippen LogP contribution in [0.3, 0.4) is 0 Å². The average Bonchev–Trinajstić information content (AvgIpc) is 2.94. The molecule has 0 radical (unpaired) electrons. The second-order valence-electron chi connectivity index (χ2n) is 10.6. The average molecular weight is 469 g/mol. The number of rotatable bonds is 8. The summed E-state index contributed by atoms with van der Waals surface area (Å²) in [5.41, 5.74) is 3.19. The molecule has 2 aliphatic heterocycles. The third-order valence-corrected chi connectivity index (χ3v) is 8.44. The van der Waals surface area contributed by atoms with E-state index in [2.05, 4.69) is 82.6 Å². The molecular weight excluding hydrogens is 428 g/mol. The second kappa shape index (κ2) is 11.1. The summed E-state index contributed by atoms with van der Waals surface area (Å²) >= 11 is 0. The van der Waals surface area contributed by atoms with E-state index < -0.39 is 5.60 Å². The molecule has 0 aliphatic carbocycles. The van der Waals surface area contributed by atoms with Crippen molar-refractivity contribution in [1.29, 1.82) is 0 Å². The van der Waals surface area contributed by atoms with Gasteiger partial charge in [-0.25, -0.2) is 0 Å². The van der Waals surface area contributed by atoms with E-state index in [1.54, 1.807) is 0 Å². The number of hydrogen-bond acceptors (Lipinski definition) is 3. The van der Waals surface area contributed by atoms with Gasteiger partial charge in [0.15, 0.2) is 0 Å². The van der Waals surface area contributed by atoms with Crippen molar-refractivity contribution in [2.75, 3.05) is 39.3 Å². The first kappa shape index (κ1) is 24.2. The minimum atomic E-state index is -0.693. The topological polar surface area (TPSA) is 26.7 Å². The lowest BCUT2D eigenvalue weighted by molar-refractivity contribution is -0.0271. The highest BCUT2D eigenvalue weighted by molar-refractivity contribution is 5.40. The summed E-state index contributed by atoms with van der Waals surface area (Å²) < 4.78 is 0. The molecule has 2 heterocycles. The van der Waals surface area contributed by atoms with Crippen LogP contribution in [0.1, 0.15) is 55.2 Å². The van der Waals surface area contributed by atoms with Gasteiger partial charge >= 0.3 is 0 Å². The normalized spacial score (nSPS) is 19.5. The molecule has 35 heavy (non-hydrogen) atoms. The minimum Gasteiger partial charge on any atom is -0.385 e. The van der Waals surface area contributed by atoms with Crippen LogP contribution in [0, 0.1) is 0 Å². The van der Waals surface area contributed by atoms with Gasteiger partial charge < -0.3 is 14.9 Å². The maximum Gasteiger partial charge on any atom is 0.0920 e. The van der Waals surface area contributed by atoms with Crippen LogP contribution >= 0.6 is 0 Å². The molecular formula is C32H40N2O. The predicted octanol–water partition coefficient (Wildman–Crippen LogP) is 5.83. The number of likely N-dealkylation sites (tertiary alicyclic amines) is 2. The van der Waals surface area contributed by atoms with Gasteiger partial charge in [-0.15, -0.1) is 0 Å². The zero-order valence-corrected chi connectivity index (χ0v) is 21.0. The Labute approximate surface area is 211 Å². The molecule has 0 atom stereocenters. The van der Waals surface area contributed by atoms with Crippen LogP contribution < -0.4 is 0 Å². The van der Waals surface area contributed by atoms with Crippen LogP contribution in [0.15, 0.2) is 91.0 Å². The van der Waals surface area contributed by atoms with E-state index in [0.29, 0.717) is 0 Å². The first-order chi connectivity index (χ1) is 17.2. The Morgan fingerprint density at radius 3 is 1.69 bits per heavy atom. The summed E-state index contributed by atoms with van der Waals surface area (Å²) in [6.07, 6.45) is 6.66. The highest BCUT2D eigenvalue weighted by Crippen LogP contribution is 2.39. The lowest BCUT2D eigenvalue weighted by Gasteiger charge is -2.43. The Morgan fingerprint density at radius 2 is 1.14 bits per heavy atom. The fourth-order valence-corrected chi connectivity index (χ4v) is 6.26. The summed E-state index contributed by atoms with van der Waals surface area (Å²) in [6, 6.07) is 32.6. The van der Waals surface area contributed by atoms with Crippen molar-refractivity contribution in [3.8, 4) is 0 Å². The number of hydrogen-bond donors (Lipinski definition) is 1. The Kier molecular flexibility index (Phi) is 7.67. The van der Waals surface area contributed by atoms with Crippen molar-refractivity contribution in [3.63, 3.8) is 0 Å². The van der Waals surface area contributed by atoms with Crippen LogP contribution in [-0.2, 0) is 11.0 Å². The highest BCUT2D eigenvalue weighted by Gasteiger charge is 2.38. The SMILES string of the molecule is OC1(c2ccccc2)CCN(CCC(CN2CCCCC2)(c2ccccc2)c2ccccc2)CC1. The van der Waals surface area contributed by atoms with Gasteiger partial charge in [-0.3, -0.25) is 0 Å². The molecule has 2 fully saturated rings. The number of nitrogens with zero attached hydrogens (tertiary/aromatic N) is 2. The lowest BCUT2D eigenvalue weighted by atomic mass is 9.71. The van der Waals surface area contributed by atoms with E-state index in [0.717, 1.165) is 51.0 Å². The van der Waals surface area contributed by atoms with E-state index in [1.165, 1.54) is 43.5 Å². The molecule has 0 amide bonds. The monoisotopic (exact) mass is 468 g/mol. The van der Waals surface area contributed by atoms with Crippen LogP contribution in [0.5, 0.6) is 0 Å². The van der Waals surface area contributed by atoms with Crippen LogP contribution in [0.4, 0.5) is 0 Å². The molecule has 2 saturated heterocycles. The molecule has 3 nitrogen and oxygen atoms in total. The molecule has 2 aliphatic rings. The lowest BCUT2D eigenvalue weighted by Crippen LogP contribution is -2.48. The molecule has 0 bridgehead atoms. The summed E-state index contributed by atoms with van der Waals surface area (Å²) in [7, 11) is 0. The summed E-state index contributed by atoms with van der Waals surface area (Å²) in [4.78, 5) is 5.28. The first-order valence-corrected chi connectivity index (χ1v) is 13.5. The maximum absolute atomic E-state index is 11.3. The standard InChI is InChI=1S/C32H40N2O/c35-32(30-17-9-3-10-18-30)20-25-33(26-21-32)24-19-31(28-13-5-1-6-14-28,29-15-7-2-8-16-29)27-34-22-11-4-12-23-34/h1-3,5-10,13-18,35H,4,11-12,19-27H2. The van der Waals surface area contributed by atoms with E-state index in [-0.39, 0.29) is 5.41 Å². The summed E-state index contributed by atoms with van der Waals surface area (Å²) in [6.45, 7) is 6.40. The van der Waals surface area contributed by atoms with Crippen molar-refractivity contribution in [2.45, 2.75) is 49.5 Å². The zero-order chi connectivity index (χ0) is 24.0. The van der Waals surface area contributed by atoms with Gasteiger partial charge in [0, 0.05) is 25.0 Å². The van der Waals surface area contributed by atoms with Crippen LogP contribution in [0.25, 0.3) is 0 Å². The highest BCUT2D eigenvalue weighted by atomic mass is 16.3. The fraction of sp³-hybridized carbons (Fsp3) is 0.438. The Balaban J connectivity index is 1.37. The van der Waals surface area contributed by atoms with Gasteiger partial charge in [0.2, 0.25) is 0 Å². The van der Waals surface area contributed by atoms with Crippen molar-refractivity contribution >= 4 is 0 Å². The molecule has 184 valence electrons. The van der Waals surface area contributed by atoms with Crippen molar-refractivity contribution in [1.82, 2.24) is 9.80 Å². The van der Waals surface area contributed by atoms with Crippen molar-refractivity contribution in [2.24, 2.45) is 0 Å². The largest absolute Gasteiger partial charge is 0.385 e.